The van der Waals surface area contributed by atoms with Crippen molar-refractivity contribution in [2.45, 2.75) is 65.0 Å². The maximum Gasteiger partial charge on any atom is 0.307 e. The molecule has 38 heavy (non-hydrogen) atoms. The Kier molecular flexibility index (Phi) is 10.1. The Hall–Kier alpha value is -3.62. The highest BCUT2D eigenvalue weighted by molar-refractivity contribution is 6.30. The van der Waals surface area contributed by atoms with Crippen LogP contribution in [-0.2, 0) is 27.2 Å². The summed E-state index contributed by atoms with van der Waals surface area (Å²) in [7, 11) is 0. The Morgan fingerprint density at radius 1 is 0.947 bits per heavy atom. The van der Waals surface area contributed by atoms with Crippen molar-refractivity contribution in [2.24, 2.45) is 5.41 Å². The lowest BCUT2D eigenvalue weighted by Gasteiger charge is -2.28. The van der Waals surface area contributed by atoms with Gasteiger partial charge in [-0.3, -0.25) is 9.59 Å². The van der Waals surface area contributed by atoms with Crippen LogP contribution in [0.5, 0.6) is 0 Å². The van der Waals surface area contributed by atoms with Gasteiger partial charge in [-0.1, -0.05) is 87.0 Å². The monoisotopic (exact) mass is 530 g/mol. The normalized spacial score (nSPS) is 13.6. The van der Waals surface area contributed by atoms with Crippen molar-refractivity contribution >= 4 is 23.5 Å². The van der Waals surface area contributed by atoms with Crippen LogP contribution in [0.25, 0.3) is 0 Å². The molecule has 1 N–H and O–H groups in total. The zero-order valence-electron chi connectivity index (χ0n) is 22.4. The molecule has 0 aliphatic rings. The SMILES string of the molecule is C[C@H](NC(=O)[C@@H](Cc1ccccc1)OC(=O)CC(C)(C)C)[C@@H](Cc1ccc(Cl)cc1)c1cccc(C#N)c1. The van der Waals surface area contributed by atoms with Gasteiger partial charge < -0.3 is 10.1 Å². The molecule has 0 aliphatic heterocycles. The lowest BCUT2D eigenvalue weighted by molar-refractivity contribution is -0.157. The van der Waals surface area contributed by atoms with Crippen LogP contribution in [0, 0.1) is 16.7 Å². The fourth-order valence-corrected chi connectivity index (χ4v) is 4.49. The van der Waals surface area contributed by atoms with Gasteiger partial charge in [-0.15, -0.1) is 0 Å². The Morgan fingerprint density at radius 2 is 1.61 bits per heavy atom. The molecule has 0 aromatic heterocycles. The number of ether oxygens (including phenoxy) is 1. The van der Waals surface area contributed by atoms with Crippen LogP contribution >= 0.6 is 11.6 Å². The number of nitriles is 1. The number of benzene rings is 3. The van der Waals surface area contributed by atoms with E-state index in [4.69, 9.17) is 16.3 Å². The van der Waals surface area contributed by atoms with Gasteiger partial charge in [-0.2, -0.15) is 5.26 Å². The molecule has 0 aliphatic carbocycles. The molecular weight excluding hydrogens is 496 g/mol. The summed E-state index contributed by atoms with van der Waals surface area (Å²) in [5, 5.41) is 13.2. The number of nitrogens with one attached hydrogen (secondary N) is 1. The Morgan fingerprint density at radius 3 is 2.24 bits per heavy atom. The van der Waals surface area contributed by atoms with Crippen molar-refractivity contribution < 1.29 is 14.3 Å². The van der Waals surface area contributed by atoms with Crippen LogP contribution in [-0.4, -0.2) is 24.0 Å². The zero-order chi connectivity index (χ0) is 27.7. The van der Waals surface area contributed by atoms with E-state index in [-0.39, 0.29) is 36.1 Å². The second-order valence-electron chi connectivity index (χ2n) is 10.9. The van der Waals surface area contributed by atoms with Gasteiger partial charge in [0.1, 0.15) is 0 Å². The van der Waals surface area contributed by atoms with Crippen LogP contribution in [0.15, 0.2) is 78.9 Å². The van der Waals surface area contributed by atoms with Crippen molar-refractivity contribution in [3.05, 3.63) is 106 Å². The molecule has 6 heteroatoms. The molecule has 0 radical (unpaired) electrons. The molecule has 0 heterocycles. The van der Waals surface area contributed by atoms with Gasteiger partial charge in [0.05, 0.1) is 18.1 Å². The molecule has 0 unspecified atom stereocenters. The van der Waals surface area contributed by atoms with E-state index in [1.165, 1.54) is 0 Å². The molecular formula is C32H35ClN2O3. The molecule has 3 aromatic carbocycles. The van der Waals surface area contributed by atoms with E-state index in [9.17, 15) is 14.9 Å². The van der Waals surface area contributed by atoms with Crippen molar-refractivity contribution in [3.8, 4) is 6.07 Å². The standard InChI is InChI=1S/C32H35ClN2O3/c1-22(28(18-24-13-15-27(33)16-14-24)26-12-8-11-25(17-26)21-34)35-31(37)29(19-23-9-6-5-7-10-23)38-30(36)20-32(2,3)4/h5-17,22,28-29H,18-20H2,1-4H3,(H,35,37)/t22-,28+,29+/m0/s1. The molecule has 0 bridgehead atoms. The molecule has 0 spiro atoms. The maximum atomic E-state index is 13.6. The average Bonchev–Trinajstić information content (AvgIpc) is 2.87. The molecule has 5 nitrogen and oxygen atoms in total. The third-order valence-corrected chi connectivity index (χ3v) is 6.54. The van der Waals surface area contributed by atoms with Gasteiger partial charge in [0.15, 0.2) is 6.10 Å². The largest absolute Gasteiger partial charge is 0.452 e. The van der Waals surface area contributed by atoms with E-state index < -0.39 is 12.1 Å². The fraction of sp³-hybridized carbons (Fsp3) is 0.344. The van der Waals surface area contributed by atoms with E-state index >= 15 is 0 Å². The summed E-state index contributed by atoms with van der Waals surface area (Å²) in [6.07, 6.45) is 0.152. The third kappa shape index (κ3) is 9.04. The van der Waals surface area contributed by atoms with Gasteiger partial charge in [0.2, 0.25) is 0 Å². The van der Waals surface area contributed by atoms with E-state index in [2.05, 4.69) is 11.4 Å². The van der Waals surface area contributed by atoms with Crippen LogP contribution in [0.4, 0.5) is 0 Å². The molecule has 198 valence electrons. The number of rotatable bonds is 10. The predicted octanol–water partition coefficient (Wildman–Crippen LogP) is 6.63. The zero-order valence-corrected chi connectivity index (χ0v) is 23.2. The maximum absolute atomic E-state index is 13.6. The van der Waals surface area contributed by atoms with Crippen molar-refractivity contribution in [1.29, 1.82) is 5.26 Å². The summed E-state index contributed by atoms with van der Waals surface area (Å²) in [5.74, 6) is -0.877. The van der Waals surface area contributed by atoms with Crippen LogP contribution in [0.2, 0.25) is 5.02 Å². The Balaban J connectivity index is 1.85. The first-order chi connectivity index (χ1) is 18.0. The van der Waals surface area contributed by atoms with Gasteiger partial charge >= 0.3 is 5.97 Å². The molecule has 0 saturated carbocycles. The number of nitrogens with zero attached hydrogens (tertiary/aromatic N) is 1. The van der Waals surface area contributed by atoms with Crippen molar-refractivity contribution in [1.82, 2.24) is 5.32 Å². The lowest BCUT2D eigenvalue weighted by atomic mass is 9.85. The number of carbonyl (C=O) groups excluding carboxylic acids is 2. The van der Waals surface area contributed by atoms with E-state index in [1.807, 2.05) is 100 Å². The smallest absolute Gasteiger partial charge is 0.307 e. The Bertz CT molecular complexity index is 1260. The van der Waals surface area contributed by atoms with Gasteiger partial charge in [0, 0.05) is 23.4 Å². The number of hydrogen-bond acceptors (Lipinski definition) is 4. The lowest BCUT2D eigenvalue weighted by Crippen LogP contribution is -2.45. The number of carbonyl (C=O) groups is 2. The van der Waals surface area contributed by atoms with Crippen LogP contribution in [0.1, 0.15) is 62.3 Å². The van der Waals surface area contributed by atoms with Crippen molar-refractivity contribution in [3.63, 3.8) is 0 Å². The molecule has 0 saturated heterocycles. The second kappa shape index (κ2) is 13.3. The topological polar surface area (TPSA) is 79.2 Å². The minimum Gasteiger partial charge on any atom is -0.452 e. The van der Waals surface area contributed by atoms with Gasteiger partial charge in [0.25, 0.3) is 5.91 Å². The highest BCUT2D eigenvalue weighted by Gasteiger charge is 2.29. The summed E-state index contributed by atoms with van der Waals surface area (Å²) < 4.78 is 5.74. The first kappa shape index (κ1) is 28.9. The summed E-state index contributed by atoms with van der Waals surface area (Å²) in [4.78, 5) is 26.3. The summed E-state index contributed by atoms with van der Waals surface area (Å²) in [5.41, 5.74) is 3.20. The average molecular weight is 531 g/mol. The van der Waals surface area contributed by atoms with Crippen molar-refractivity contribution in [2.75, 3.05) is 0 Å². The van der Waals surface area contributed by atoms with Crippen LogP contribution < -0.4 is 5.32 Å². The summed E-state index contributed by atoms with van der Waals surface area (Å²) in [6, 6.07) is 26.5. The summed E-state index contributed by atoms with van der Waals surface area (Å²) >= 11 is 6.08. The molecule has 3 rings (SSSR count). The molecule has 1 amide bonds. The first-order valence-electron chi connectivity index (χ1n) is 12.8. The second-order valence-corrected chi connectivity index (χ2v) is 11.3. The summed E-state index contributed by atoms with van der Waals surface area (Å²) in [6.45, 7) is 7.81. The highest BCUT2D eigenvalue weighted by Crippen LogP contribution is 2.27. The number of hydrogen-bond donors (Lipinski definition) is 1. The van der Waals surface area contributed by atoms with E-state index in [0.717, 1.165) is 16.7 Å². The number of esters is 1. The number of amides is 1. The van der Waals surface area contributed by atoms with Gasteiger partial charge in [-0.05, 0) is 59.7 Å². The Labute approximate surface area is 230 Å². The predicted molar refractivity (Wildman–Crippen MR) is 151 cm³/mol. The quantitative estimate of drug-likeness (QED) is 0.298. The molecule has 3 aromatic rings. The highest BCUT2D eigenvalue weighted by atomic mass is 35.5. The van der Waals surface area contributed by atoms with Crippen LogP contribution in [0.3, 0.4) is 0 Å². The number of halogens is 1. The third-order valence-electron chi connectivity index (χ3n) is 6.29. The molecule has 0 fully saturated rings. The van der Waals surface area contributed by atoms with E-state index in [0.29, 0.717) is 17.0 Å². The minimum atomic E-state index is -0.962. The van der Waals surface area contributed by atoms with Gasteiger partial charge in [-0.25, -0.2) is 0 Å². The van der Waals surface area contributed by atoms with E-state index in [1.54, 1.807) is 6.07 Å². The molecule has 3 atom stereocenters. The fourth-order valence-electron chi connectivity index (χ4n) is 4.36. The minimum absolute atomic E-state index is 0.129. The first-order valence-corrected chi connectivity index (χ1v) is 13.2.